The van der Waals surface area contributed by atoms with E-state index in [9.17, 15) is 18.1 Å². The Morgan fingerprint density at radius 1 is 1.50 bits per heavy atom. The predicted molar refractivity (Wildman–Crippen MR) is 61.6 cm³/mol. The van der Waals surface area contributed by atoms with Crippen molar-refractivity contribution in [1.29, 1.82) is 0 Å². The van der Waals surface area contributed by atoms with E-state index >= 15 is 0 Å². The zero-order chi connectivity index (χ0) is 12.8. The molecule has 1 saturated heterocycles. The van der Waals surface area contributed by atoms with Crippen LogP contribution in [0.2, 0.25) is 0 Å². The summed E-state index contributed by atoms with van der Waals surface area (Å²) < 4.78 is 29.7. The first-order chi connectivity index (χ1) is 7.21. The van der Waals surface area contributed by atoms with Gasteiger partial charge < -0.3 is 14.1 Å². The lowest BCUT2D eigenvalue weighted by Crippen LogP contribution is -2.48. The van der Waals surface area contributed by atoms with E-state index in [-0.39, 0.29) is 6.23 Å². The molecule has 5 nitrogen and oxygen atoms in total. The fourth-order valence-corrected chi connectivity index (χ4v) is 1.86. The third-order valence-electron chi connectivity index (χ3n) is 2.81. The molecule has 0 aliphatic carbocycles. The van der Waals surface area contributed by atoms with Crippen LogP contribution in [0.25, 0.3) is 0 Å². The van der Waals surface area contributed by atoms with Crippen LogP contribution in [0.15, 0.2) is 12.7 Å². The molecular formula is C10H21NO4S. The molecule has 1 aliphatic rings. The molecule has 96 valence electrons. The van der Waals surface area contributed by atoms with Gasteiger partial charge >= 0.3 is 0 Å². The lowest BCUT2D eigenvalue weighted by molar-refractivity contribution is -0.941. The molecule has 1 atom stereocenters. The smallest absolute Gasteiger partial charge is 0.187 e. The molecule has 0 saturated carbocycles. The third kappa shape index (κ3) is 6.22. The Kier molecular flexibility index (Phi) is 6.17. The van der Waals surface area contributed by atoms with Crippen molar-refractivity contribution in [2.24, 2.45) is 0 Å². The molecule has 6 heteroatoms. The van der Waals surface area contributed by atoms with Crippen molar-refractivity contribution in [3.8, 4) is 0 Å². The maximum absolute atomic E-state index is 9.60. The Morgan fingerprint density at radius 2 is 1.94 bits per heavy atom. The lowest BCUT2D eigenvalue weighted by atomic mass is 10.4. The van der Waals surface area contributed by atoms with Crippen LogP contribution in [0.5, 0.6) is 0 Å². The number of hydrogen-bond acceptors (Lipinski definition) is 4. The molecule has 1 fully saturated rings. The van der Waals surface area contributed by atoms with E-state index < -0.39 is 15.9 Å². The van der Waals surface area contributed by atoms with Gasteiger partial charge in [-0.15, -0.1) is 6.58 Å². The largest absolute Gasteiger partial charge is 0.748 e. The van der Waals surface area contributed by atoms with Crippen LogP contribution in [0.4, 0.5) is 0 Å². The molecule has 1 N–H and O–H groups in total. The number of nitrogens with zero attached hydrogens (tertiary/aromatic N) is 1. The summed E-state index contributed by atoms with van der Waals surface area (Å²) in [4.78, 5) is 0. The van der Waals surface area contributed by atoms with Crippen LogP contribution >= 0.6 is 0 Å². The van der Waals surface area contributed by atoms with E-state index in [1.54, 1.807) is 0 Å². The number of aliphatic hydroxyl groups excluding tert-OH is 1. The van der Waals surface area contributed by atoms with Gasteiger partial charge in [0.05, 0.1) is 36.0 Å². The minimum Gasteiger partial charge on any atom is -0.748 e. The second kappa shape index (κ2) is 6.34. The number of likely N-dealkylation sites (tertiary alicyclic amines) is 1. The molecule has 0 radical (unpaired) electrons. The first-order valence-corrected chi connectivity index (χ1v) is 6.86. The molecule has 1 rings (SSSR count). The number of hydrogen-bond donors (Lipinski definition) is 1. The van der Waals surface area contributed by atoms with Crippen molar-refractivity contribution in [2.75, 3.05) is 25.9 Å². The Morgan fingerprint density at radius 3 is 2.06 bits per heavy atom. The molecule has 0 spiro atoms. The summed E-state index contributed by atoms with van der Waals surface area (Å²) in [5.41, 5.74) is 0. The predicted octanol–water partition coefficient (Wildman–Crippen LogP) is 0.283. The van der Waals surface area contributed by atoms with Crippen LogP contribution in [0.3, 0.4) is 0 Å². The molecule has 0 aromatic heterocycles. The van der Waals surface area contributed by atoms with Gasteiger partial charge in [-0.2, -0.15) is 0 Å². The van der Waals surface area contributed by atoms with Crippen molar-refractivity contribution in [2.45, 2.75) is 26.0 Å². The van der Waals surface area contributed by atoms with Crippen molar-refractivity contribution >= 4 is 10.1 Å². The Bertz CT molecular complexity index is 305. The normalized spacial score (nSPS) is 20.8. The van der Waals surface area contributed by atoms with Gasteiger partial charge in [0, 0.05) is 19.8 Å². The first kappa shape index (κ1) is 15.6. The zero-order valence-electron chi connectivity index (χ0n) is 9.92. The highest BCUT2D eigenvalue weighted by molar-refractivity contribution is 7.85. The fraction of sp³-hybridized carbons (Fsp3) is 0.800. The van der Waals surface area contributed by atoms with Crippen molar-refractivity contribution in [3.05, 3.63) is 12.7 Å². The third-order valence-corrected chi connectivity index (χ3v) is 3.46. The monoisotopic (exact) mass is 251 g/mol. The minimum atomic E-state index is -4.04. The molecule has 0 aromatic carbocycles. The van der Waals surface area contributed by atoms with Gasteiger partial charge in [-0.05, 0) is 0 Å². The molecule has 0 aromatic rings. The number of rotatable bonds is 3. The maximum atomic E-state index is 9.60. The average molecular weight is 251 g/mol. The van der Waals surface area contributed by atoms with Crippen LogP contribution in [-0.4, -0.2) is 54.7 Å². The molecule has 1 aliphatic heterocycles. The Labute approximate surface area is 97.7 Å². The first-order valence-electron chi connectivity index (χ1n) is 5.28. The molecule has 1 heterocycles. The summed E-state index contributed by atoms with van der Waals surface area (Å²) in [6.07, 6.45) is 3.44. The van der Waals surface area contributed by atoms with E-state index in [2.05, 4.69) is 13.6 Å². The highest BCUT2D eigenvalue weighted by Gasteiger charge is 2.30. The summed E-state index contributed by atoms with van der Waals surface area (Å²) in [6, 6.07) is 0. The van der Waals surface area contributed by atoms with Crippen LogP contribution in [0.1, 0.15) is 19.8 Å². The molecular weight excluding hydrogens is 230 g/mol. The van der Waals surface area contributed by atoms with Gasteiger partial charge in [-0.3, -0.25) is 0 Å². The van der Waals surface area contributed by atoms with Crippen molar-refractivity contribution in [3.63, 3.8) is 0 Å². The van der Waals surface area contributed by atoms with E-state index in [0.29, 0.717) is 0 Å². The van der Waals surface area contributed by atoms with Gasteiger partial charge in [0.15, 0.2) is 6.23 Å². The molecule has 0 amide bonds. The van der Waals surface area contributed by atoms with Crippen molar-refractivity contribution in [1.82, 2.24) is 0 Å². The quantitative estimate of drug-likeness (QED) is 0.444. The number of quaternary nitrogens is 1. The highest BCUT2D eigenvalue weighted by atomic mass is 32.2. The van der Waals surface area contributed by atoms with Crippen LogP contribution < -0.4 is 0 Å². The van der Waals surface area contributed by atoms with Crippen molar-refractivity contribution < 1.29 is 22.6 Å². The SMILES string of the molecule is C=CCS(=O)(=O)[O-].CC(O)[N+]1(C)CCCC1. The van der Waals surface area contributed by atoms with Gasteiger partial charge in [0.2, 0.25) is 0 Å². The fourth-order valence-electron chi connectivity index (χ4n) is 1.58. The van der Waals surface area contributed by atoms with E-state index in [0.717, 1.165) is 23.6 Å². The second-order valence-corrected chi connectivity index (χ2v) is 5.73. The van der Waals surface area contributed by atoms with Gasteiger partial charge in [0.1, 0.15) is 0 Å². The lowest BCUT2D eigenvalue weighted by Gasteiger charge is -2.31. The average Bonchev–Trinajstić information content (AvgIpc) is 2.52. The summed E-state index contributed by atoms with van der Waals surface area (Å²) in [6.45, 7) is 7.25. The van der Waals surface area contributed by atoms with Gasteiger partial charge in [0.25, 0.3) is 0 Å². The summed E-state index contributed by atoms with van der Waals surface area (Å²) in [5.74, 6) is -0.479. The zero-order valence-corrected chi connectivity index (χ0v) is 10.7. The van der Waals surface area contributed by atoms with E-state index in [1.807, 2.05) is 6.92 Å². The standard InChI is InChI=1S/C7H16NO.C3H6O3S/c1-7(9)8(2)5-3-4-6-8;1-2-3-7(4,5)6/h7,9H,3-6H2,1-2H3;2H,1,3H2,(H,4,5,6)/q+1;/p-1. The minimum absolute atomic E-state index is 0.174. The molecule has 16 heavy (non-hydrogen) atoms. The van der Waals surface area contributed by atoms with Gasteiger partial charge in [-0.25, -0.2) is 8.42 Å². The van der Waals surface area contributed by atoms with Crippen LogP contribution in [0, 0.1) is 0 Å². The van der Waals surface area contributed by atoms with E-state index in [1.165, 1.54) is 12.8 Å². The van der Waals surface area contributed by atoms with Gasteiger partial charge in [-0.1, -0.05) is 6.08 Å². The maximum Gasteiger partial charge on any atom is 0.187 e. The molecule has 0 bridgehead atoms. The Hall–Kier alpha value is -0.430. The van der Waals surface area contributed by atoms with Crippen LogP contribution in [-0.2, 0) is 10.1 Å². The summed E-state index contributed by atoms with van der Waals surface area (Å²) in [7, 11) is -1.92. The summed E-state index contributed by atoms with van der Waals surface area (Å²) >= 11 is 0. The topological polar surface area (TPSA) is 77.4 Å². The number of aliphatic hydroxyl groups is 1. The summed E-state index contributed by atoms with van der Waals surface area (Å²) in [5, 5.41) is 9.28. The highest BCUT2D eigenvalue weighted by Crippen LogP contribution is 2.18. The van der Waals surface area contributed by atoms with E-state index in [4.69, 9.17) is 0 Å². The molecule has 1 unspecified atom stereocenters. The Balaban J connectivity index is 0.000000293. The second-order valence-electron chi connectivity index (χ2n) is 4.28.